The zero-order chi connectivity index (χ0) is 28.5. The topological polar surface area (TPSA) is 114 Å². The fourth-order valence-corrected chi connectivity index (χ4v) is 4.99. The van der Waals surface area contributed by atoms with Gasteiger partial charge in [-0.25, -0.2) is 9.59 Å². The summed E-state index contributed by atoms with van der Waals surface area (Å²) in [4.78, 5) is 38.0. The number of carbonyl (C=O) groups excluding carboxylic acids is 2. The van der Waals surface area contributed by atoms with E-state index in [1.165, 1.54) is 0 Å². The molecule has 0 radical (unpaired) electrons. The van der Waals surface area contributed by atoms with E-state index in [-0.39, 0.29) is 19.1 Å². The van der Waals surface area contributed by atoms with Gasteiger partial charge in [-0.3, -0.25) is 4.79 Å². The summed E-state index contributed by atoms with van der Waals surface area (Å²) in [6, 6.07) is 23.2. The third kappa shape index (κ3) is 7.07. The molecule has 0 fully saturated rings. The van der Waals surface area contributed by atoms with Crippen LogP contribution in [0.1, 0.15) is 55.7 Å². The van der Waals surface area contributed by atoms with Gasteiger partial charge in [0, 0.05) is 5.92 Å². The number of benzene rings is 3. The van der Waals surface area contributed by atoms with Gasteiger partial charge in [-0.15, -0.1) is 0 Å². The molecule has 0 spiro atoms. The number of ether oxygens (including phenoxy) is 2. The molecule has 2 amide bonds. The van der Waals surface area contributed by atoms with Crippen molar-refractivity contribution >= 4 is 18.0 Å². The van der Waals surface area contributed by atoms with Crippen molar-refractivity contribution in [3.8, 4) is 11.1 Å². The molecule has 8 heteroatoms. The van der Waals surface area contributed by atoms with E-state index in [0.717, 1.165) is 34.2 Å². The Balaban J connectivity index is 1.37. The molecule has 0 aromatic heterocycles. The summed E-state index contributed by atoms with van der Waals surface area (Å²) in [5, 5.41) is 15.0. The Morgan fingerprint density at radius 3 is 2.08 bits per heavy atom. The highest BCUT2D eigenvalue weighted by Crippen LogP contribution is 2.44. The van der Waals surface area contributed by atoms with Gasteiger partial charge < -0.3 is 25.2 Å². The number of hydrogen-bond donors (Lipinski definition) is 3. The summed E-state index contributed by atoms with van der Waals surface area (Å²) in [6.45, 7) is 3.90. The lowest BCUT2D eigenvalue weighted by Gasteiger charge is -2.25. The fourth-order valence-electron chi connectivity index (χ4n) is 4.99. The minimum absolute atomic E-state index is 0.111. The number of amides is 2. The molecule has 3 unspecified atom stereocenters. The van der Waals surface area contributed by atoms with Crippen molar-refractivity contribution in [2.24, 2.45) is 0 Å². The van der Waals surface area contributed by atoms with Crippen LogP contribution in [0.5, 0.6) is 0 Å². The van der Waals surface area contributed by atoms with Gasteiger partial charge in [-0.2, -0.15) is 0 Å². The molecule has 3 aromatic carbocycles. The SMILES string of the molecule is CCCCC(NC(=O)OCC1c2ccccc2-c2ccccc21)C(=O)NC(C(=O)O)C(C)OCc1ccccc1. The number of aliphatic carboxylic acids is 1. The molecule has 8 nitrogen and oxygen atoms in total. The first-order chi connectivity index (χ1) is 19.4. The molecule has 1 aliphatic carbocycles. The van der Waals surface area contributed by atoms with E-state index in [2.05, 4.69) is 22.8 Å². The normalized spacial score (nSPS) is 14.3. The first-order valence-corrected chi connectivity index (χ1v) is 13.7. The second kappa shape index (κ2) is 13.8. The van der Waals surface area contributed by atoms with E-state index < -0.39 is 36.2 Å². The molecule has 0 bridgehead atoms. The third-order valence-electron chi connectivity index (χ3n) is 7.19. The van der Waals surface area contributed by atoms with Gasteiger partial charge in [0.05, 0.1) is 12.7 Å². The second-order valence-electron chi connectivity index (χ2n) is 9.99. The predicted octanol–water partition coefficient (Wildman–Crippen LogP) is 5.26. The molecule has 1 aliphatic rings. The number of carbonyl (C=O) groups is 3. The lowest BCUT2D eigenvalue weighted by atomic mass is 9.98. The Morgan fingerprint density at radius 2 is 1.48 bits per heavy atom. The maximum absolute atomic E-state index is 13.2. The molecule has 3 N–H and O–H groups in total. The minimum Gasteiger partial charge on any atom is -0.480 e. The molecular formula is C32H36N2O6. The van der Waals surface area contributed by atoms with Crippen molar-refractivity contribution in [3.63, 3.8) is 0 Å². The Kier molecular flexibility index (Phi) is 9.91. The first-order valence-electron chi connectivity index (χ1n) is 13.7. The van der Waals surface area contributed by atoms with Crippen molar-refractivity contribution in [2.45, 2.75) is 63.8 Å². The van der Waals surface area contributed by atoms with Crippen molar-refractivity contribution in [1.29, 1.82) is 0 Å². The smallest absolute Gasteiger partial charge is 0.407 e. The largest absolute Gasteiger partial charge is 0.480 e. The van der Waals surface area contributed by atoms with Crippen LogP contribution in [0.2, 0.25) is 0 Å². The lowest BCUT2D eigenvalue weighted by molar-refractivity contribution is -0.146. The van der Waals surface area contributed by atoms with E-state index in [1.807, 2.05) is 73.7 Å². The Morgan fingerprint density at radius 1 is 0.875 bits per heavy atom. The van der Waals surface area contributed by atoms with Crippen molar-refractivity contribution in [1.82, 2.24) is 10.6 Å². The van der Waals surface area contributed by atoms with E-state index >= 15 is 0 Å². The lowest BCUT2D eigenvalue weighted by Crippen LogP contribution is -2.55. The summed E-state index contributed by atoms with van der Waals surface area (Å²) >= 11 is 0. The summed E-state index contributed by atoms with van der Waals surface area (Å²) in [5.41, 5.74) is 5.31. The molecule has 40 heavy (non-hydrogen) atoms. The third-order valence-corrected chi connectivity index (χ3v) is 7.19. The maximum atomic E-state index is 13.2. The van der Waals surface area contributed by atoms with Gasteiger partial charge in [0.2, 0.25) is 5.91 Å². The highest BCUT2D eigenvalue weighted by Gasteiger charge is 2.32. The minimum atomic E-state index is -1.29. The maximum Gasteiger partial charge on any atom is 0.407 e. The molecule has 0 saturated carbocycles. The molecular weight excluding hydrogens is 508 g/mol. The number of unbranched alkanes of at least 4 members (excludes halogenated alkanes) is 1. The zero-order valence-corrected chi connectivity index (χ0v) is 22.8. The van der Waals surface area contributed by atoms with Crippen molar-refractivity contribution < 1.29 is 29.0 Å². The van der Waals surface area contributed by atoms with Crippen LogP contribution < -0.4 is 10.6 Å². The first kappa shape index (κ1) is 28.8. The van der Waals surface area contributed by atoms with E-state index in [9.17, 15) is 19.5 Å². The van der Waals surface area contributed by atoms with Crippen LogP contribution in [0.25, 0.3) is 11.1 Å². The predicted molar refractivity (Wildman–Crippen MR) is 152 cm³/mol. The van der Waals surface area contributed by atoms with Gasteiger partial charge in [0.15, 0.2) is 6.04 Å². The van der Waals surface area contributed by atoms with Crippen LogP contribution in [0.15, 0.2) is 78.9 Å². The number of nitrogens with one attached hydrogen (secondary N) is 2. The molecule has 3 aromatic rings. The Hall–Kier alpha value is -4.17. The summed E-state index contributed by atoms with van der Waals surface area (Å²) in [6.07, 6.45) is 0.286. The quantitative estimate of drug-likeness (QED) is 0.271. The molecule has 3 atom stereocenters. The molecule has 0 heterocycles. The van der Waals surface area contributed by atoms with Crippen LogP contribution >= 0.6 is 0 Å². The van der Waals surface area contributed by atoms with E-state index in [4.69, 9.17) is 9.47 Å². The van der Waals surface area contributed by atoms with Crippen molar-refractivity contribution in [2.75, 3.05) is 6.61 Å². The summed E-state index contributed by atoms with van der Waals surface area (Å²) in [5.74, 6) is -1.92. The molecule has 210 valence electrons. The van der Waals surface area contributed by atoms with Crippen LogP contribution in [-0.2, 0) is 25.7 Å². The monoisotopic (exact) mass is 544 g/mol. The van der Waals surface area contributed by atoms with Gasteiger partial charge >= 0.3 is 12.1 Å². The average Bonchev–Trinajstić information content (AvgIpc) is 3.29. The standard InChI is InChI=1S/C32H36N2O6/c1-3-4-18-28(30(35)34-29(31(36)37)21(2)39-19-22-12-6-5-7-13-22)33-32(38)40-20-27-25-16-10-8-14-23(25)24-15-9-11-17-26(24)27/h5-17,21,27-29H,3-4,18-20H2,1-2H3,(H,33,38)(H,34,35)(H,36,37). The van der Waals surface area contributed by atoms with Crippen LogP contribution in [0.3, 0.4) is 0 Å². The Labute approximate surface area is 234 Å². The highest BCUT2D eigenvalue weighted by atomic mass is 16.5. The summed E-state index contributed by atoms with van der Waals surface area (Å²) in [7, 11) is 0. The number of fused-ring (bicyclic) bond motifs is 3. The summed E-state index contributed by atoms with van der Waals surface area (Å²) < 4.78 is 11.4. The molecule has 4 rings (SSSR count). The van der Waals surface area contributed by atoms with E-state index in [0.29, 0.717) is 12.8 Å². The van der Waals surface area contributed by atoms with Crippen LogP contribution in [0.4, 0.5) is 4.79 Å². The second-order valence-corrected chi connectivity index (χ2v) is 9.99. The number of carboxylic acid groups (broad SMARTS) is 1. The fraction of sp³-hybridized carbons (Fsp3) is 0.344. The molecule has 0 aliphatic heterocycles. The zero-order valence-electron chi connectivity index (χ0n) is 22.8. The van der Waals surface area contributed by atoms with Gasteiger partial charge in [-0.05, 0) is 41.2 Å². The van der Waals surface area contributed by atoms with Gasteiger partial charge in [-0.1, -0.05) is 98.6 Å². The van der Waals surface area contributed by atoms with Gasteiger partial charge in [0.1, 0.15) is 12.6 Å². The highest BCUT2D eigenvalue weighted by molar-refractivity contribution is 5.89. The van der Waals surface area contributed by atoms with Gasteiger partial charge in [0.25, 0.3) is 0 Å². The molecule has 0 saturated heterocycles. The van der Waals surface area contributed by atoms with Crippen LogP contribution in [0, 0.1) is 0 Å². The Bertz CT molecular complexity index is 1270. The van der Waals surface area contributed by atoms with E-state index in [1.54, 1.807) is 6.92 Å². The number of rotatable bonds is 13. The number of alkyl carbamates (subject to hydrolysis) is 1. The number of hydrogen-bond acceptors (Lipinski definition) is 5. The van der Waals surface area contributed by atoms with Crippen LogP contribution in [-0.4, -0.2) is 47.9 Å². The van der Waals surface area contributed by atoms with Crippen molar-refractivity contribution in [3.05, 3.63) is 95.6 Å². The average molecular weight is 545 g/mol. The number of carboxylic acids is 1.